The molecule has 0 unspecified atom stereocenters. The summed E-state index contributed by atoms with van der Waals surface area (Å²) in [5.41, 5.74) is 8.26. The van der Waals surface area contributed by atoms with Crippen LogP contribution in [0, 0.1) is 0 Å². The molecule has 0 bridgehead atoms. The Morgan fingerprint density at radius 1 is 1.20 bits per heavy atom. The molecule has 0 aliphatic carbocycles. The standard InChI is InChI=1S/C19H28N6/c1-2-15-9-11-16(12-10-15)22-19(20)21-13-6-8-18-24-23-17-7-4-3-5-14-25(17)18/h9-12H,2-8,13-14H2,1H3,(H3,20,21,22). The summed E-state index contributed by atoms with van der Waals surface area (Å²) in [5, 5.41) is 11.8. The molecule has 3 rings (SSSR count). The van der Waals surface area contributed by atoms with Gasteiger partial charge in [0.2, 0.25) is 0 Å². The van der Waals surface area contributed by atoms with Crippen LogP contribution in [-0.2, 0) is 25.8 Å². The molecule has 134 valence electrons. The number of nitrogens with one attached hydrogen (secondary N) is 1. The average Bonchev–Trinajstić information content (AvgIpc) is 2.86. The van der Waals surface area contributed by atoms with Gasteiger partial charge in [0.15, 0.2) is 5.96 Å². The Morgan fingerprint density at radius 3 is 2.84 bits per heavy atom. The van der Waals surface area contributed by atoms with E-state index in [0.29, 0.717) is 12.5 Å². The maximum atomic E-state index is 5.97. The van der Waals surface area contributed by atoms with Crippen molar-refractivity contribution in [1.82, 2.24) is 14.8 Å². The number of hydrogen-bond acceptors (Lipinski definition) is 3. The highest BCUT2D eigenvalue weighted by Crippen LogP contribution is 2.15. The second-order valence-corrected chi connectivity index (χ2v) is 6.54. The zero-order valence-electron chi connectivity index (χ0n) is 15.0. The molecule has 1 aromatic carbocycles. The Balaban J connectivity index is 1.47. The first-order chi connectivity index (χ1) is 12.3. The van der Waals surface area contributed by atoms with Crippen LogP contribution >= 0.6 is 0 Å². The van der Waals surface area contributed by atoms with Crippen LogP contribution < -0.4 is 11.1 Å². The van der Waals surface area contributed by atoms with Crippen LogP contribution in [0.5, 0.6) is 0 Å². The van der Waals surface area contributed by atoms with Crippen LogP contribution in [0.25, 0.3) is 0 Å². The number of nitrogens with zero attached hydrogens (tertiary/aromatic N) is 4. The lowest BCUT2D eigenvalue weighted by Crippen LogP contribution is -2.22. The van der Waals surface area contributed by atoms with Gasteiger partial charge in [-0.2, -0.15) is 0 Å². The van der Waals surface area contributed by atoms with Gasteiger partial charge in [-0.05, 0) is 43.4 Å². The van der Waals surface area contributed by atoms with E-state index in [1.54, 1.807) is 0 Å². The number of anilines is 1. The molecule has 0 amide bonds. The molecule has 1 aromatic heterocycles. The summed E-state index contributed by atoms with van der Waals surface area (Å²) < 4.78 is 2.30. The first-order valence-corrected chi connectivity index (χ1v) is 9.33. The molecular formula is C19H28N6. The maximum Gasteiger partial charge on any atom is 0.193 e. The van der Waals surface area contributed by atoms with Gasteiger partial charge in [0, 0.05) is 31.6 Å². The fraction of sp³-hybridized carbons (Fsp3) is 0.526. The average molecular weight is 340 g/mol. The van der Waals surface area contributed by atoms with Crippen LogP contribution in [0.3, 0.4) is 0 Å². The summed E-state index contributed by atoms with van der Waals surface area (Å²) in [6.45, 7) is 3.89. The molecule has 6 heteroatoms. The SMILES string of the molecule is CCc1ccc(NC(N)=NCCCc2nnc3n2CCCCC3)cc1. The molecule has 0 atom stereocenters. The zero-order chi connectivity index (χ0) is 17.5. The van der Waals surface area contributed by atoms with Gasteiger partial charge in [-0.25, -0.2) is 0 Å². The summed E-state index contributed by atoms with van der Waals surface area (Å²) in [6.07, 6.45) is 7.65. The molecule has 0 radical (unpaired) electrons. The largest absolute Gasteiger partial charge is 0.370 e. The number of guanidine groups is 1. The Kier molecular flexibility index (Phi) is 6.04. The van der Waals surface area contributed by atoms with E-state index in [-0.39, 0.29) is 0 Å². The van der Waals surface area contributed by atoms with E-state index in [1.807, 2.05) is 12.1 Å². The Hall–Kier alpha value is -2.37. The Bertz CT molecular complexity index is 701. The van der Waals surface area contributed by atoms with E-state index in [9.17, 15) is 0 Å². The third-order valence-corrected chi connectivity index (χ3v) is 4.66. The van der Waals surface area contributed by atoms with Crippen LogP contribution in [0.1, 0.15) is 49.8 Å². The third kappa shape index (κ3) is 4.81. The van der Waals surface area contributed by atoms with Crippen LogP contribution in [0.15, 0.2) is 29.3 Å². The molecule has 0 spiro atoms. The minimum atomic E-state index is 0.462. The highest BCUT2D eigenvalue weighted by atomic mass is 15.3. The van der Waals surface area contributed by atoms with Crippen LogP contribution in [0.2, 0.25) is 0 Å². The van der Waals surface area contributed by atoms with Gasteiger partial charge < -0.3 is 15.6 Å². The number of nitrogens with two attached hydrogens (primary N) is 1. The van der Waals surface area contributed by atoms with Crippen molar-refractivity contribution in [2.24, 2.45) is 10.7 Å². The second kappa shape index (κ2) is 8.65. The molecule has 6 nitrogen and oxygen atoms in total. The molecule has 0 fully saturated rings. The van der Waals surface area contributed by atoms with Crippen LogP contribution in [0.4, 0.5) is 5.69 Å². The number of benzene rings is 1. The van der Waals surface area contributed by atoms with Crippen molar-refractivity contribution in [2.45, 2.75) is 58.4 Å². The lowest BCUT2D eigenvalue weighted by Gasteiger charge is -2.07. The predicted octanol–water partition coefficient (Wildman–Crippen LogP) is 2.93. The molecule has 1 aliphatic heterocycles. The lowest BCUT2D eigenvalue weighted by molar-refractivity contribution is 0.598. The number of rotatable bonds is 6. The highest BCUT2D eigenvalue weighted by molar-refractivity contribution is 5.92. The number of hydrogen-bond donors (Lipinski definition) is 2. The van der Waals surface area contributed by atoms with Gasteiger partial charge in [0.1, 0.15) is 11.6 Å². The van der Waals surface area contributed by atoms with Gasteiger partial charge in [0.25, 0.3) is 0 Å². The number of aliphatic imine (C=N–C) groups is 1. The minimum Gasteiger partial charge on any atom is -0.370 e. The number of aryl methyl sites for hydroxylation is 3. The topological polar surface area (TPSA) is 81.1 Å². The van der Waals surface area contributed by atoms with Crippen molar-refractivity contribution in [3.63, 3.8) is 0 Å². The molecule has 0 saturated heterocycles. The van der Waals surface area contributed by atoms with Crippen LogP contribution in [-0.4, -0.2) is 27.3 Å². The zero-order valence-corrected chi connectivity index (χ0v) is 15.0. The van der Waals surface area contributed by atoms with E-state index in [1.165, 1.54) is 24.8 Å². The normalized spacial score (nSPS) is 14.8. The van der Waals surface area contributed by atoms with Gasteiger partial charge in [-0.15, -0.1) is 10.2 Å². The third-order valence-electron chi connectivity index (χ3n) is 4.66. The summed E-state index contributed by atoms with van der Waals surface area (Å²) in [7, 11) is 0. The van der Waals surface area contributed by atoms with Crippen molar-refractivity contribution < 1.29 is 0 Å². The number of fused-ring (bicyclic) bond motifs is 1. The lowest BCUT2D eigenvalue weighted by atomic mass is 10.1. The fourth-order valence-corrected chi connectivity index (χ4v) is 3.18. The molecule has 2 heterocycles. The first-order valence-electron chi connectivity index (χ1n) is 9.33. The smallest absolute Gasteiger partial charge is 0.193 e. The molecule has 0 saturated carbocycles. The van der Waals surface area contributed by atoms with E-state index in [0.717, 1.165) is 49.6 Å². The monoisotopic (exact) mass is 340 g/mol. The fourth-order valence-electron chi connectivity index (χ4n) is 3.18. The predicted molar refractivity (Wildman–Crippen MR) is 102 cm³/mol. The minimum absolute atomic E-state index is 0.462. The quantitative estimate of drug-likeness (QED) is 0.481. The van der Waals surface area contributed by atoms with E-state index in [2.05, 4.69) is 44.1 Å². The van der Waals surface area contributed by atoms with E-state index in [4.69, 9.17) is 5.73 Å². The van der Waals surface area contributed by atoms with E-state index < -0.39 is 0 Å². The summed E-state index contributed by atoms with van der Waals surface area (Å²) >= 11 is 0. The molecule has 2 aromatic rings. The van der Waals surface area contributed by atoms with Gasteiger partial charge in [-0.3, -0.25) is 4.99 Å². The van der Waals surface area contributed by atoms with Crippen molar-refractivity contribution in [1.29, 1.82) is 0 Å². The summed E-state index contributed by atoms with van der Waals surface area (Å²) in [5.74, 6) is 2.70. The highest BCUT2D eigenvalue weighted by Gasteiger charge is 2.13. The van der Waals surface area contributed by atoms with Gasteiger partial charge >= 0.3 is 0 Å². The summed E-state index contributed by atoms with van der Waals surface area (Å²) in [4.78, 5) is 4.42. The molecular weight excluding hydrogens is 312 g/mol. The first kappa shape index (κ1) is 17.5. The van der Waals surface area contributed by atoms with Crippen molar-refractivity contribution in [2.75, 3.05) is 11.9 Å². The molecule has 3 N–H and O–H groups in total. The molecule has 25 heavy (non-hydrogen) atoms. The Morgan fingerprint density at radius 2 is 2.04 bits per heavy atom. The van der Waals surface area contributed by atoms with Gasteiger partial charge in [-0.1, -0.05) is 25.5 Å². The van der Waals surface area contributed by atoms with Crippen molar-refractivity contribution in [3.05, 3.63) is 41.5 Å². The second-order valence-electron chi connectivity index (χ2n) is 6.54. The van der Waals surface area contributed by atoms with Crippen molar-refractivity contribution >= 4 is 11.6 Å². The molecule has 1 aliphatic rings. The number of aromatic nitrogens is 3. The van der Waals surface area contributed by atoms with Gasteiger partial charge in [0.05, 0.1) is 0 Å². The summed E-state index contributed by atoms with van der Waals surface area (Å²) in [6, 6.07) is 8.28. The van der Waals surface area contributed by atoms with Crippen molar-refractivity contribution in [3.8, 4) is 0 Å². The Labute approximate surface area is 149 Å². The maximum absolute atomic E-state index is 5.97. The van der Waals surface area contributed by atoms with E-state index >= 15 is 0 Å².